The van der Waals surface area contributed by atoms with E-state index in [1.165, 1.54) is 19.3 Å². The van der Waals surface area contributed by atoms with E-state index in [1.54, 1.807) is 0 Å². The second-order valence-electron chi connectivity index (χ2n) is 7.40. The third kappa shape index (κ3) is 5.17. The van der Waals surface area contributed by atoms with Gasteiger partial charge in [-0.05, 0) is 53.4 Å². The minimum absolute atomic E-state index is 0.0181. The van der Waals surface area contributed by atoms with Crippen molar-refractivity contribution in [2.45, 2.75) is 97.1 Å². The Morgan fingerprint density at radius 2 is 1.65 bits per heavy atom. The molecule has 1 rings (SSSR count). The van der Waals surface area contributed by atoms with Gasteiger partial charge in [-0.1, -0.05) is 26.2 Å². The lowest BCUT2D eigenvalue weighted by Gasteiger charge is -2.51. The highest BCUT2D eigenvalue weighted by Gasteiger charge is 2.42. The summed E-state index contributed by atoms with van der Waals surface area (Å²) in [5.74, 6) is 0.235. The zero-order valence-corrected chi connectivity index (χ0v) is 14.1. The van der Waals surface area contributed by atoms with E-state index in [2.05, 4.69) is 39.7 Å². The summed E-state index contributed by atoms with van der Waals surface area (Å²) in [6, 6.07) is 0. The largest absolute Gasteiger partial charge is 0.297 e. The molecular weight excluding hydrogens is 250 g/mol. The van der Waals surface area contributed by atoms with Crippen LogP contribution in [0.15, 0.2) is 0 Å². The van der Waals surface area contributed by atoms with Crippen LogP contribution >= 0.6 is 0 Å². The van der Waals surface area contributed by atoms with Crippen LogP contribution in [0.4, 0.5) is 0 Å². The second kappa shape index (κ2) is 7.56. The molecule has 0 bridgehead atoms. The van der Waals surface area contributed by atoms with Crippen molar-refractivity contribution in [2.24, 2.45) is 0 Å². The molecule has 1 fully saturated rings. The van der Waals surface area contributed by atoms with Gasteiger partial charge in [0.05, 0.1) is 0 Å². The number of Topliss-reactive ketones (excluding diaryl/α,β-unsaturated/α-hetero) is 1. The maximum Gasteiger partial charge on any atom is 0.160 e. The van der Waals surface area contributed by atoms with E-state index in [1.807, 2.05) is 0 Å². The first-order valence-corrected chi connectivity index (χ1v) is 8.24. The molecule has 0 aromatic heterocycles. The first-order chi connectivity index (χ1) is 9.29. The van der Waals surface area contributed by atoms with Crippen LogP contribution in [0.1, 0.15) is 86.0 Å². The molecule has 1 saturated heterocycles. The van der Waals surface area contributed by atoms with E-state index in [0.29, 0.717) is 6.42 Å². The Bertz CT molecular complexity index is 294. The molecule has 0 atom stereocenters. The van der Waals surface area contributed by atoms with Gasteiger partial charge in [-0.3, -0.25) is 9.63 Å². The van der Waals surface area contributed by atoms with Crippen molar-refractivity contribution in [3.63, 3.8) is 0 Å². The number of nitrogens with zero attached hydrogens (tertiary/aromatic N) is 1. The summed E-state index contributed by atoms with van der Waals surface area (Å²) in [7, 11) is 0. The summed E-state index contributed by atoms with van der Waals surface area (Å²) in [6.07, 6.45) is 8.73. The van der Waals surface area contributed by atoms with Gasteiger partial charge in [0.25, 0.3) is 0 Å². The predicted octanol–water partition coefficient (Wildman–Crippen LogP) is 4.50. The van der Waals surface area contributed by atoms with E-state index in [4.69, 9.17) is 4.84 Å². The lowest BCUT2D eigenvalue weighted by molar-refractivity contribution is -0.276. The molecule has 0 unspecified atom stereocenters. The van der Waals surface area contributed by atoms with Crippen molar-refractivity contribution < 1.29 is 9.63 Å². The number of unbranched alkanes of at least 4 members (excludes halogenated alkanes) is 3. The van der Waals surface area contributed by atoms with Gasteiger partial charge in [0, 0.05) is 17.5 Å². The normalized spacial score (nSPS) is 21.9. The summed E-state index contributed by atoms with van der Waals surface area (Å²) in [4.78, 5) is 17.8. The van der Waals surface area contributed by atoms with Gasteiger partial charge in [-0.2, -0.15) is 5.06 Å². The lowest BCUT2D eigenvalue weighted by atomic mass is 9.82. The molecule has 0 spiro atoms. The van der Waals surface area contributed by atoms with E-state index in [-0.39, 0.29) is 23.5 Å². The Hall–Kier alpha value is -0.410. The average Bonchev–Trinajstić information content (AvgIpc) is 2.32. The van der Waals surface area contributed by atoms with Gasteiger partial charge in [0.2, 0.25) is 0 Å². The van der Waals surface area contributed by atoms with Crippen molar-refractivity contribution in [1.82, 2.24) is 5.06 Å². The maximum atomic E-state index is 11.9. The van der Waals surface area contributed by atoms with E-state index in [9.17, 15) is 4.79 Å². The van der Waals surface area contributed by atoms with Crippen molar-refractivity contribution in [3.8, 4) is 0 Å². The third-order valence-corrected chi connectivity index (χ3v) is 4.34. The Balaban J connectivity index is 2.40. The van der Waals surface area contributed by atoms with Crippen molar-refractivity contribution >= 4 is 5.78 Å². The minimum Gasteiger partial charge on any atom is -0.297 e. The van der Waals surface area contributed by atoms with Crippen LogP contribution in [0.2, 0.25) is 0 Å². The van der Waals surface area contributed by atoms with Gasteiger partial charge < -0.3 is 0 Å². The molecule has 0 radical (unpaired) electrons. The quantitative estimate of drug-likeness (QED) is 0.614. The van der Waals surface area contributed by atoms with Crippen LogP contribution in [-0.4, -0.2) is 28.5 Å². The van der Waals surface area contributed by atoms with Gasteiger partial charge in [-0.15, -0.1) is 0 Å². The highest BCUT2D eigenvalue weighted by molar-refractivity contribution is 5.79. The maximum absolute atomic E-state index is 11.9. The number of carbonyl (C=O) groups excluding carboxylic acids is 1. The molecule has 3 nitrogen and oxygen atoms in total. The topological polar surface area (TPSA) is 29.5 Å². The van der Waals surface area contributed by atoms with Gasteiger partial charge in [-0.25, -0.2) is 0 Å². The SMILES string of the molecule is CCCCCCC(=O)CON1C(C)(C)CCCC1(C)C. The van der Waals surface area contributed by atoms with Crippen molar-refractivity contribution in [1.29, 1.82) is 0 Å². The summed E-state index contributed by atoms with van der Waals surface area (Å²) in [6.45, 7) is 11.3. The lowest BCUT2D eigenvalue weighted by Crippen LogP contribution is -2.58. The highest BCUT2D eigenvalue weighted by atomic mass is 16.7. The third-order valence-electron chi connectivity index (χ3n) is 4.34. The Morgan fingerprint density at radius 3 is 2.20 bits per heavy atom. The van der Waals surface area contributed by atoms with Crippen molar-refractivity contribution in [2.75, 3.05) is 6.61 Å². The van der Waals surface area contributed by atoms with E-state index < -0.39 is 0 Å². The van der Waals surface area contributed by atoms with Crippen LogP contribution in [0, 0.1) is 0 Å². The summed E-state index contributed by atoms with van der Waals surface area (Å²) in [5.41, 5.74) is 0.0362. The standard InChI is InChI=1S/C17H33NO2/c1-6-7-8-9-11-15(19)14-20-18-16(2,3)12-10-13-17(18,4)5/h6-14H2,1-5H3. The number of piperidine rings is 1. The second-order valence-corrected chi connectivity index (χ2v) is 7.40. The highest BCUT2D eigenvalue weighted by Crippen LogP contribution is 2.38. The number of hydrogen-bond donors (Lipinski definition) is 0. The van der Waals surface area contributed by atoms with Gasteiger partial charge in [0.15, 0.2) is 5.78 Å². The van der Waals surface area contributed by atoms with E-state index in [0.717, 1.165) is 25.7 Å². The smallest absolute Gasteiger partial charge is 0.160 e. The number of ketones is 1. The molecule has 0 aromatic carbocycles. The van der Waals surface area contributed by atoms with Crippen LogP contribution in [0.3, 0.4) is 0 Å². The summed E-state index contributed by atoms with van der Waals surface area (Å²) < 4.78 is 0. The first kappa shape index (κ1) is 17.6. The molecule has 0 saturated carbocycles. The molecule has 0 amide bonds. The van der Waals surface area contributed by atoms with E-state index >= 15 is 0 Å². The number of carbonyl (C=O) groups is 1. The zero-order chi connectivity index (χ0) is 15.2. The summed E-state index contributed by atoms with van der Waals surface area (Å²) in [5, 5.41) is 2.08. The zero-order valence-electron chi connectivity index (χ0n) is 14.1. The molecule has 1 aliphatic heterocycles. The van der Waals surface area contributed by atoms with Crippen LogP contribution < -0.4 is 0 Å². The predicted molar refractivity (Wildman–Crippen MR) is 83.6 cm³/mol. The monoisotopic (exact) mass is 283 g/mol. The molecule has 0 N–H and O–H groups in total. The molecule has 1 aliphatic rings. The van der Waals surface area contributed by atoms with Crippen LogP contribution in [0.5, 0.6) is 0 Å². The first-order valence-electron chi connectivity index (χ1n) is 8.24. The van der Waals surface area contributed by atoms with Crippen molar-refractivity contribution in [3.05, 3.63) is 0 Å². The fourth-order valence-corrected chi connectivity index (χ4v) is 3.28. The number of rotatable bonds is 8. The fraction of sp³-hybridized carbons (Fsp3) is 0.941. The molecule has 0 aromatic rings. The Kier molecular flexibility index (Phi) is 6.67. The number of hydroxylamine groups is 2. The molecule has 1 heterocycles. The fourth-order valence-electron chi connectivity index (χ4n) is 3.28. The molecule has 0 aliphatic carbocycles. The van der Waals surface area contributed by atoms with Gasteiger partial charge >= 0.3 is 0 Å². The Morgan fingerprint density at radius 1 is 1.05 bits per heavy atom. The Labute approximate surface area is 125 Å². The molecular formula is C17H33NO2. The summed E-state index contributed by atoms with van der Waals surface area (Å²) >= 11 is 0. The molecule has 20 heavy (non-hydrogen) atoms. The average molecular weight is 283 g/mol. The van der Waals surface area contributed by atoms with Gasteiger partial charge in [0.1, 0.15) is 6.61 Å². The minimum atomic E-state index is 0.0181. The number of hydrogen-bond acceptors (Lipinski definition) is 3. The van der Waals surface area contributed by atoms with Crippen LogP contribution in [-0.2, 0) is 9.63 Å². The van der Waals surface area contributed by atoms with Crippen LogP contribution in [0.25, 0.3) is 0 Å². The molecule has 3 heteroatoms. The molecule has 118 valence electrons.